The van der Waals surface area contributed by atoms with E-state index < -0.39 is 10.0 Å². The zero-order valence-electron chi connectivity index (χ0n) is 13.4. The summed E-state index contributed by atoms with van der Waals surface area (Å²) in [5, 5.41) is 6.12. The monoisotopic (exact) mass is 353 g/mol. The van der Waals surface area contributed by atoms with Gasteiger partial charge in [0.05, 0.1) is 19.3 Å². The molecule has 0 saturated heterocycles. The van der Waals surface area contributed by atoms with Crippen LogP contribution in [0.1, 0.15) is 11.3 Å². The highest BCUT2D eigenvalue weighted by atomic mass is 32.2. The number of carbonyl (C=O) groups is 1. The van der Waals surface area contributed by atoms with E-state index in [0.29, 0.717) is 11.5 Å². The maximum Gasteiger partial charge on any atom is 0.235 e. The van der Waals surface area contributed by atoms with E-state index in [4.69, 9.17) is 9.26 Å². The van der Waals surface area contributed by atoms with Gasteiger partial charge in [-0.3, -0.25) is 9.52 Å². The molecule has 8 nitrogen and oxygen atoms in total. The average Bonchev–Trinajstić information content (AvgIpc) is 2.92. The van der Waals surface area contributed by atoms with Gasteiger partial charge in [-0.05, 0) is 24.6 Å². The van der Waals surface area contributed by atoms with E-state index >= 15 is 0 Å². The van der Waals surface area contributed by atoms with E-state index in [2.05, 4.69) is 15.2 Å². The van der Waals surface area contributed by atoms with E-state index in [1.54, 1.807) is 38.3 Å². The van der Waals surface area contributed by atoms with Gasteiger partial charge in [-0.1, -0.05) is 17.3 Å². The number of rotatable bonds is 8. The fourth-order valence-electron chi connectivity index (χ4n) is 1.94. The van der Waals surface area contributed by atoms with Gasteiger partial charge in [0.1, 0.15) is 11.5 Å². The predicted molar refractivity (Wildman–Crippen MR) is 88.4 cm³/mol. The van der Waals surface area contributed by atoms with Gasteiger partial charge in [0.15, 0.2) is 5.82 Å². The number of nitrogens with one attached hydrogen (secondary N) is 2. The lowest BCUT2D eigenvalue weighted by Gasteiger charge is -2.07. The number of sulfonamides is 1. The predicted octanol–water partition coefficient (Wildman–Crippen LogP) is 1.09. The molecule has 0 fully saturated rings. The Bertz CT molecular complexity index is 784. The largest absolute Gasteiger partial charge is 0.497 e. The summed E-state index contributed by atoms with van der Waals surface area (Å²) in [4.78, 5) is 11.8. The first-order valence-corrected chi connectivity index (χ1v) is 8.86. The normalized spacial score (nSPS) is 11.1. The van der Waals surface area contributed by atoms with E-state index in [1.165, 1.54) is 6.07 Å². The molecule has 24 heavy (non-hydrogen) atoms. The molecule has 130 valence electrons. The van der Waals surface area contributed by atoms with Crippen molar-refractivity contribution < 1.29 is 22.5 Å². The summed E-state index contributed by atoms with van der Waals surface area (Å²) < 4.78 is 35.8. The first kappa shape index (κ1) is 17.8. The van der Waals surface area contributed by atoms with Crippen LogP contribution < -0.4 is 14.8 Å². The molecule has 0 radical (unpaired) electrons. The van der Waals surface area contributed by atoms with Crippen molar-refractivity contribution in [2.24, 2.45) is 0 Å². The van der Waals surface area contributed by atoms with Gasteiger partial charge < -0.3 is 14.6 Å². The molecule has 0 saturated carbocycles. The van der Waals surface area contributed by atoms with Crippen LogP contribution in [0.15, 0.2) is 34.9 Å². The Morgan fingerprint density at radius 2 is 2.00 bits per heavy atom. The van der Waals surface area contributed by atoms with E-state index in [1.807, 2.05) is 0 Å². The summed E-state index contributed by atoms with van der Waals surface area (Å²) in [6, 6.07) is 8.56. The molecule has 0 bridgehead atoms. The van der Waals surface area contributed by atoms with Crippen molar-refractivity contribution >= 4 is 21.7 Å². The smallest absolute Gasteiger partial charge is 0.235 e. The third-order valence-corrected chi connectivity index (χ3v) is 4.37. The number of carbonyl (C=O) groups excluding carboxylic acids is 1. The minimum Gasteiger partial charge on any atom is -0.497 e. The molecule has 2 rings (SSSR count). The van der Waals surface area contributed by atoms with Crippen molar-refractivity contribution in [2.75, 3.05) is 24.1 Å². The first-order chi connectivity index (χ1) is 11.4. The van der Waals surface area contributed by atoms with Crippen LogP contribution >= 0.6 is 0 Å². The molecule has 0 aliphatic rings. The molecule has 0 unspecified atom stereocenters. The van der Waals surface area contributed by atoms with Gasteiger partial charge in [0.25, 0.3) is 0 Å². The second-order valence-electron chi connectivity index (χ2n) is 5.12. The zero-order valence-corrected chi connectivity index (χ0v) is 14.2. The number of benzene rings is 1. The van der Waals surface area contributed by atoms with Crippen LogP contribution in [-0.4, -0.2) is 38.9 Å². The molecule has 1 amide bonds. The molecule has 1 heterocycles. The standard InChI is InChI=1S/C15H19N3O5S/c1-11-9-14(17-23-11)18-24(20,21)8-7-16-15(19)10-12-3-5-13(22-2)6-4-12/h3-6,9H,7-8,10H2,1-2H3,(H,16,19)(H,17,18). The highest BCUT2D eigenvalue weighted by Gasteiger charge is 2.13. The van der Waals surface area contributed by atoms with Crippen molar-refractivity contribution in [3.63, 3.8) is 0 Å². The maximum atomic E-state index is 11.9. The van der Waals surface area contributed by atoms with Gasteiger partial charge in [-0.25, -0.2) is 8.42 Å². The Kier molecular flexibility index (Phi) is 5.80. The van der Waals surface area contributed by atoms with Gasteiger partial charge in [-0.15, -0.1) is 0 Å². The van der Waals surface area contributed by atoms with Gasteiger partial charge in [-0.2, -0.15) is 0 Å². The molecule has 2 N–H and O–H groups in total. The molecule has 1 aromatic carbocycles. The number of hydrogen-bond donors (Lipinski definition) is 2. The molecule has 0 aliphatic carbocycles. The molecular formula is C15H19N3O5S. The molecule has 1 aromatic heterocycles. The lowest BCUT2D eigenvalue weighted by Crippen LogP contribution is -2.32. The summed E-state index contributed by atoms with van der Waals surface area (Å²) in [5.41, 5.74) is 0.812. The molecule has 0 aliphatic heterocycles. The summed E-state index contributed by atoms with van der Waals surface area (Å²) in [5.74, 6) is 0.817. The Morgan fingerprint density at radius 1 is 1.29 bits per heavy atom. The quantitative estimate of drug-likeness (QED) is 0.735. The van der Waals surface area contributed by atoms with Gasteiger partial charge in [0.2, 0.25) is 15.9 Å². The van der Waals surface area contributed by atoms with Gasteiger partial charge >= 0.3 is 0 Å². The van der Waals surface area contributed by atoms with E-state index in [-0.39, 0.29) is 30.4 Å². The van der Waals surface area contributed by atoms with Crippen LogP contribution in [0.5, 0.6) is 5.75 Å². The van der Waals surface area contributed by atoms with Gasteiger partial charge in [0, 0.05) is 12.6 Å². The van der Waals surface area contributed by atoms with E-state index in [9.17, 15) is 13.2 Å². The summed E-state index contributed by atoms with van der Waals surface area (Å²) in [6.45, 7) is 1.66. The second kappa shape index (κ2) is 7.82. The molecule has 0 atom stereocenters. The zero-order chi connectivity index (χ0) is 17.6. The fourth-order valence-corrected chi connectivity index (χ4v) is 2.83. The minimum atomic E-state index is -3.60. The highest BCUT2D eigenvalue weighted by Crippen LogP contribution is 2.11. The topological polar surface area (TPSA) is 111 Å². The number of anilines is 1. The molecule has 2 aromatic rings. The highest BCUT2D eigenvalue weighted by molar-refractivity contribution is 7.92. The van der Waals surface area contributed by atoms with Crippen molar-refractivity contribution in [1.29, 1.82) is 0 Å². The lowest BCUT2D eigenvalue weighted by atomic mass is 10.1. The third kappa shape index (κ3) is 5.58. The lowest BCUT2D eigenvalue weighted by molar-refractivity contribution is -0.120. The van der Waals surface area contributed by atoms with Crippen molar-refractivity contribution in [1.82, 2.24) is 10.5 Å². The summed E-state index contributed by atoms with van der Waals surface area (Å²) in [6.07, 6.45) is 0.167. The first-order valence-electron chi connectivity index (χ1n) is 7.21. The Labute approximate surface area is 140 Å². The third-order valence-electron chi connectivity index (χ3n) is 3.10. The van der Waals surface area contributed by atoms with Crippen LogP contribution in [0.25, 0.3) is 0 Å². The van der Waals surface area contributed by atoms with Crippen LogP contribution in [-0.2, 0) is 21.2 Å². The van der Waals surface area contributed by atoms with Crippen LogP contribution in [0.3, 0.4) is 0 Å². The molecule has 0 spiro atoms. The molecular weight excluding hydrogens is 334 g/mol. The maximum absolute atomic E-state index is 11.9. The second-order valence-corrected chi connectivity index (χ2v) is 6.96. The van der Waals surface area contributed by atoms with E-state index in [0.717, 1.165) is 5.56 Å². The van der Waals surface area contributed by atoms with Crippen LogP contribution in [0.4, 0.5) is 5.82 Å². The average molecular weight is 353 g/mol. The van der Waals surface area contributed by atoms with Crippen molar-refractivity contribution in [2.45, 2.75) is 13.3 Å². The Hall–Kier alpha value is -2.55. The number of hydrogen-bond acceptors (Lipinski definition) is 6. The number of nitrogens with zero attached hydrogens (tertiary/aromatic N) is 1. The van der Waals surface area contributed by atoms with Crippen LogP contribution in [0.2, 0.25) is 0 Å². The van der Waals surface area contributed by atoms with Crippen molar-refractivity contribution in [3.8, 4) is 5.75 Å². The Morgan fingerprint density at radius 3 is 2.58 bits per heavy atom. The fraction of sp³-hybridized carbons (Fsp3) is 0.333. The number of amides is 1. The SMILES string of the molecule is COc1ccc(CC(=O)NCCS(=O)(=O)Nc2cc(C)on2)cc1. The molecule has 9 heteroatoms. The number of methoxy groups -OCH3 is 1. The number of aryl methyl sites for hydroxylation is 1. The summed E-state index contributed by atoms with van der Waals surface area (Å²) >= 11 is 0. The number of ether oxygens (including phenoxy) is 1. The number of aromatic nitrogens is 1. The minimum absolute atomic E-state index is 0.00115. The summed E-state index contributed by atoms with van der Waals surface area (Å²) in [7, 11) is -2.04. The Balaban J connectivity index is 1.76. The van der Waals surface area contributed by atoms with Crippen LogP contribution in [0, 0.1) is 6.92 Å². The van der Waals surface area contributed by atoms with Crippen molar-refractivity contribution in [3.05, 3.63) is 41.7 Å².